The fourth-order valence-electron chi connectivity index (χ4n) is 4.70. The van der Waals surface area contributed by atoms with Crippen molar-refractivity contribution in [2.45, 2.75) is 59.1 Å². The molecule has 1 fully saturated rings. The molecule has 1 aliphatic rings. The molecule has 184 valence electrons. The second-order valence-corrected chi connectivity index (χ2v) is 9.87. The zero-order valence-electron chi connectivity index (χ0n) is 20.7. The predicted molar refractivity (Wildman–Crippen MR) is 133 cm³/mol. The van der Waals surface area contributed by atoms with Gasteiger partial charge in [0.25, 0.3) is 5.56 Å². The van der Waals surface area contributed by atoms with Crippen LogP contribution >= 0.6 is 0 Å². The Bertz CT molecular complexity index is 1290. The van der Waals surface area contributed by atoms with Crippen LogP contribution in [0, 0.1) is 12.8 Å². The SMILES string of the molecule is Cc1ccc(C(C)C)c(OC[C@@H](O)Cn2c(N3CCC[C@@H](C)C3)nc3c2c(=O)[nH]c(=O)n3C)c1. The number of benzene rings is 1. The maximum absolute atomic E-state index is 12.8. The molecule has 3 aromatic rings. The Morgan fingerprint density at radius 1 is 1.29 bits per heavy atom. The largest absolute Gasteiger partial charge is 0.491 e. The number of aromatic amines is 1. The summed E-state index contributed by atoms with van der Waals surface area (Å²) < 4.78 is 9.12. The molecule has 4 rings (SSSR count). The number of hydrogen-bond acceptors (Lipinski definition) is 6. The third kappa shape index (κ3) is 4.75. The lowest BCUT2D eigenvalue weighted by Gasteiger charge is -2.32. The summed E-state index contributed by atoms with van der Waals surface area (Å²) in [6, 6.07) is 6.09. The Kier molecular flexibility index (Phi) is 6.84. The van der Waals surface area contributed by atoms with Crippen LogP contribution in [0.1, 0.15) is 50.7 Å². The summed E-state index contributed by atoms with van der Waals surface area (Å²) in [6.07, 6.45) is 1.29. The van der Waals surface area contributed by atoms with Crippen LogP contribution < -0.4 is 20.9 Å². The Morgan fingerprint density at radius 2 is 2.06 bits per heavy atom. The predicted octanol–water partition coefficient (Wildman–Crippen LogP) is 2.53. The number of rotatable bonds is 7. The van der Waals surface area contributed by atoms with Gasteiger partial charge >= 0.3 is 5.69 Å². The summed E-state index contributed by atoms with van der Waals surface area (Å²) >= 11 is 0. The molecule has 9 nitrogen and oxygen atoms in total. The van der Waals surface area contributed by atoms with Crippen LogP contribution in [-0.2, 0) is 13.6 Å². The van der Waals surface area contributed by atoms with Crippen LogP contribution in [-0.4, -0.2) is 50.0 Å². The Hall–Kier alpha value is -3.07. The molecular weight excluding hydrogens is 434 g/mol. The number of imidazole rings is 1. The molecule has 0 bridgehead atoms. The summed E-state index contributed by atoms with van der Waals surface area (Å²) in [5.74, 6) is 2.15. The molecule has 9 heteroatoms. The second-order valence-electron chi connectivity index (χ2n) is 9.87. The monoisotopic (exact) mass is 469 g/mol. The number of aromatic nitrogens is 4. The fraction of sp³-hybridized carbons (Fsp3) is 0.560. The first-order valence-electron chi connectivity index (χ1n) is 12.0. The minimum absolute atomic E-state index is 0.0718. The number of hydrogen-bond donors (Lipinski definition) is 2. The van der Waals surface area contributed by atoms with Gasteiger partial charge in [0, 0.05) is 20.1 Å². The molecule has 34 heavy (non-hydrogen) atoms. The Morgan fingerprint density at radius 3 is 2.76 bits per heavy atom. The molecule has 0 unspecified atom stereocenters. The van der Waals surface area contributed by atoms with Crippen LogP contribution in [0.2, 0.25) is 0 Å². The number of anilines is 1. The van der Waals surface area contributed by atoms with Crippen molar-refractivity contribution in [2.24, 2.45) is 13.0 Å². The van der Waals surface area contributed by atoms with Crippen molar-refractivity contribution in [3.8, 4) is 5.75 Å². The summed E-state index contributed by atoms with van der Waals surface area (Å²) in [6.45, 7) is 10.2. The van der Waals surface area contributed by atoms with Gasteiger partial charge in [-0.25, -0.2) is 4.79 Å². The van der Waals surface area contributed by atoms with Gasteiger partial charge in [-0.1, -0.05) is 32.9 Å². The summed E-state index contributed by atoms with van der Waals surface area (Å²) in [7, 11) is 1.59. The number of piperidine rings is 1. The van der Waals surface area contributed by atoms with Crippen LogP contribution in [0.3, 0.4) is 0 Å². The van der Waals surface area contributed by atoms with E-state index in [1.807, 2.05) is 13.0 Å². The summed E-state index contributed by atoms with van der Waals surface area (Å²) in [4.78, 5) is 34.2. The maximum atomic E-state index is 12.8. The van der Waals surface area contributed by atoms with Gasteiger partial charge in [0.2, 0.25) is 5.95 Å². The molecule has 2 N–H and O–H groups in total. The van der Waals surface area contributed by atoms with Crippen molar-refractivity contribution in [3.05, 3.63) is 50.2 Å². The van der Waals surface area contributed by atoms with Gasteiger partial charge in [-0.15, -0.1) is 0 Å². The minimum atomic E-state index is -0.879. The highest BCUT2D eigenvalue weighted by Gasteiger charge is 2.26. The Labute approximate surface area is 199 Å². The van der Waals surface area contributed by atoms with E-state index < -0.39 is 17.4 Å². The standard InChI is InChI=1S/C25H35N5O4/c1-15(2)19-9-8-16(3)11-20(19)34-14-18(31)13-30-21-22(28(5)25(33)27-23(21)32)26-24(30)29-10-6-7-17(4)12-29/h8-9,11,15,17-18,31H,6-7,10,12-14H2,1-5H3,(H,27,32,33)/t17-,18+/m1/s1. The van der Waals surface area contributed by atoms with Crippen molar-refractivity contribution in [2.75, 3.05) is 24.6 Å². The number of aliphatic hydroxyl groups is 1. The molecule has 0 amide bonds. The lowest BCUT2D eigenvalue weighted by atomic mass is 10.0. The van der Waals surface area contributed by atoms with E-state index in [9.17, 15) is 14.7 Å². The van der Waals surface area contributed by atoms with E-state index >= 15 is 0 Å². The molecule has 1 saturated heterocycles. The molecular formula is C25H35N5O4. The van der Waals surface area contributed by atoms with Gasteiger partial charge in [-0.05, 0) is 48.8 Å². The second kappa shape index (κ2) is 9.66. The average Bonchev–Trinajstić information content (AvgIpc) is 3.15. The van der Waals surface area contributed by atoms with Gasteiger partial charge < -0.3 is 19.3 Å². The van der Waals surface area contributed by atoms with Gasteiger partial charge in [0.05, 0.1) is 6.54 Å². The van der Waals surface area contributed by atoms with Crippen molar-refractivity contribution in [1.29, 1.82) is 0 Å². The molecule has 0 spiro atoms. The lowest BCUT2D eigenvalue weighted by Crippen LogP contribution is -2.37. The lowest BCUT2D eigenvalue weighted by molar-refractivity contribution is 0.0929. The zero-order chi connectivity index (χ0) is 24.6. The van der Waals surface area contributed by atoms with Gasteiger partial charge in [0.1, 0.15) is 18.5 Å². The number of nitrogens with one attached hydrogen (secondary N) is 1. The van der Waals surface area contributed by atoms with E-state index in [1.165, 1.54) is 4.57 Å². The first kappa shape index (κ1) is 24.1. The van der Waals surface area contributed by atoms with Crippen molar-refractivity contribution >= 4 is 17.1 Å². The third-order valence-corrected chi connectivity index (χ3v) is 6.54. The first-order valence-corrected chi connectivity index (χ1v) is 12.0. The number of ether oxygens (including phenoxy) is 1. The highest BCUT2D eigenvalue weighted by Crippen LogP contribution is 2.28. The van der Waals surface area contributed by atoms with Crippen LogP contribution in [0.15, 0.2) is 27.8 Å². The fourth-order valence-corrected chi connectivity index (χ4v) is 4.70. The van der Waals surface area contributed by atoms with Crippen LogP contribution in [0.5, 0.6) is 5.75 Å². The number of aryl methyl sites for hydroxylation is 2. The zero-order valence-corrected chi connectivity index (χ0v) is 20.7. The van der Waals surface area contributed by atoms with E-state index in [0.717, 1.165) is 42.8 Å². The van der Waals surface area contributed by atoms with E-state index in [4.69, 9.17) is 9.72 Å². The highest BCUT2D eigenvalue weighted by molar-refractivity contribution is 5.74. The van der Waals surface area contributed by atoms with E-state index in [0.29, 0.717) is 17.5 Å². The number of nitrogens with zero attached hydrogens (tertiary/aromatic N) is 4. The van der Waals surface area contributed by atoms with Crippen molar-refractivity contribution in [3.63, 3.8) is 0 Å². The average molecular weight is 470 g/mol. The van der Waals surface area contributed by atoms with Crippen LogP contribution in [0.4, 0.5) is 5.95 Å². The molecule has 0 saturated carbocycles. The maximum Gasteiger partial charge on any atom is 0.329 e. The van der Waals surface area contributed by atoms with Gasteiger partial charge in [0.15, 0.2) is 11.2 Å². The Balaban J connectivity index is 1.66. The molecule has 1 aromatic carbocycles. The van der Waals surface area contributed by atoms with Crippen molar-refractivity contribution in [1.82, 2.24) is 19.1 Å². The topological polar surface area (TPSA) is 105 Å². The normalized spacial score (nSPS) is 17.5. The van der Waals surface area contributed by atoms with Crippen molar-refractivity contribution < 1.29 is 9.84 Å². The summed E-state index contributed by atoms with van der Waals surface area (Å²) in [5.41, 5.74) is 1.76. The molecule has 0 aliphatic carbocycles. The van der Waals surface area contributed by atoms with Gasteiger partial charge in [-0.3, -0.25) is 14.3 Å². The number of fused-ring (bicyclic) bond motifs is 1. The van der Waals surface area contributed by atoms with E-state index in [2.05, 4.69) is 42.8 Å². The summed E-state index contributed by atoms with van der Waals surface area (Å²) in [5, 5.41) is 11.0. The molecule has 1 aliphatic heterocycles. The minimum Gasteiger partial charge on any atom is -0.491 e. The molecule has 3 heterocycles. The van der Waals surface area contributed by atoms with E-state index in [-0.39, 0.29) is 24.6 Å². The first-order chi connectivity index (χ1) is 16.2. The number of aliphatic hydroxyl groups excluding tert-OH is 1. The molecule has 0 radical (unpaired) electrons. The highest BCUT2D eigenvalue weighted by atomic mass is 16.5. The number of H-pyrrole nitrogens is 1. The van der Waals surface area contributed by atoms with Crippen LogP contribution in [0.25, 0.3) is 11.2 Å². The smallest absolute Gasteiger partial charge is 0.329 e. The van der Waals surface area contributed by atoms with E-state index in [1.54, 1.807) is 11.6 Å². The third-order valence-electron chi connectivity index (χ3n) is 6.54. The molecule has 2 atom stereocenters. The molecule has 2 aromatic heterocycles. The van der Waals surface area contributed by atoms with Gasteiger partial charge in [-0.2, -0.15) is 4.98 Å². The quantitative estimate of drug-likeness (QED) is 0.551.